The highest BCUT2D eigenvalue weighted by Gasteiger charge is 2.15. The quantitative estimate of drug-likeness (QED) is 0.441. The minimum atomic E-state index is -0.446. The van der Waals surface area contributed by atoms with Crippen LogP contribution in [0.3, 0.4) is 0 Å². The van der Waals surface area contributed by atoms with E-state index in [1.54, 1.807) is 29.8 Å². The number of esters is 1. The predicted molar refractivity (Wildman–Crippen MR) is 115 cm³/mol. The number of halogens is 1. The molecule has 4 aromatic rings. The summed E-state index contributed by atoms with van der Waals surface area (Å²) < 4.78 is 9.28. The van der Waals surface area contributed by atoms with Crippen LogP contribution < -0.4 is 11.2 Å². The fourth-order valence-corrected chi connectivity index (χ4v) is 4.12. The van der Waals surface area contributed by atoms with Crippen LogP contribution in [-0.2, 0) is 25.4 Å². The monoisotopic (exact) mass is 444 g/mol. The lowest BCUT2D eigenvalue weighted by atomic mass is 10.2. The van der Waals surface area contributed by atoms with Gasteiger partial charge < -0.3 is 9.30 Å². The van der Waals surface area contributed by atoms with Gasteiger partial charge in [0.15, 0.2) is 11.2 Å². The summed E-state index contributed by atoms with van der Waals surface area (Å²) in [5.41, 5.74) is 0.660. The molecule has 10 heteroatoms. The lowest BCUT2D eigenvalue weighted by molar-refractivity contribution is 0.0498. The molecule has 3 aromatic heterocycles. The Morgan fingerprint density at radius 3 is 2.57 bits per heavy atom. The van der Waals surface area contributed by atoms with Crippen molar-refractivity contribution in [3.63, 3.8) is 0 Å². The second kappa shape index (κ2) is 7.92. The van der Waals surface area contributed by atoms with Crippen LogP contribution in [-0.4, -0.2) is 31.3 Å². The number of benzene rings is 1. The van der Waals surface area contributed by atoms with E-state index in [1.165, 1.54) is 29.3 Å². The van der Waals surface area contributed by atoms with E-state index in [0.29, 0.717) is 15.5 Å². The third-order valence-corrected chi connectivity index (χ3v) is 6.08. The molecule has 0 bridgehead atoms. The van der Waals surface area contributed by atoms with Gasteiger partial charge in [0, 0.05) is 24.0 Å². The Labute approximate surface area is 179 Å². The van der Waals surface area contributed by atoms with E-state index in [2.05, 4.69) is 4.98 Å². The third-order valence-electron chi connectivity index (χ3n) is 4.72. The summed E-state index contributed by atoms with van der Waals surface area (Å²) in [5.74, 6) is -0.440. The maximum Gasteiger partial charge on any atom is 0.348 e. The average molecular weight is 445 g/mol. The van der Waals surface area contributed by atoms with Crippen molar-refractivity contribution in [3.05, 3.63) is 73.5 Å². The number of carbonyl (C=O) groups excluding carboxylic acids is 1. The largest absolute Gasteiger partial charge is 0.460 e. The molecule has 4 rings (SSSR count). The zero-order valence-corrected chi connectivity index (χ0v) is 17.7. The highest BCUT2D eigenvalue weighted by atomic mass is 35.5. The van der Waals surface area contributed by atoms with Gasteiger partial charge in [-0.05, 0) is 29.8 Å². The predicted octanol–water partition coefficient (Wildman–Crippen LogP) is 2.67. The zero-order chi connectivity index (χ0) is 21.4. The van der Waals surface area contributed by atoms with Gasteiger partial charge in [0.05, 0.1) is 12.9 Å². The van der Waals surface area contributed by atoms with Gasteiger partial charge in [0.2, 0.25) is 0 Å². The zero-order valence-electron chi connectivity index (χ0n) is 16.2. The molecule has 0 aliphatic heterocycles. The minimum absolute atomic E-state index is 0.0600. The number of hydrogen-bond acceptors (Lipinski definition) is 6. The number of ether oxygens (including phenoxy) is 1. The van der Waals surface area contributed by atoms with Crippen LogP contribution in [0.5, 0.6) is 0 Å². The number of aromatic nitrogens is 4. The van der Waals surface area contributed by atoms with E-state index in [9.17, 15) is 14.4 Å². The molecule has 0 N–H and O–H groups in total. The van der Waals surface area contributed by atoms with Gasteiger partial charge in [-0.15, -0.1) is 11.3 Å². The fraction of sp³-hybridized carbons (Fsp3) is 0.200. The molecule has 3 heterocycles. The molecule has 154 valence electrons. The second-order valence-electron chi connectivity index (χ2n) is 6.62. The summed E-state index contributed by atoms with van der Waals surface area (Å²) in [5, 5.41) is 0.650. The first kappa shape index (κ1) is 20.1. The Hall–Kier alpha value is -3.17. The second-order valence-corrected chi connectivity index (χ2v) is 8.14. The van der Waals surface area contributed by atoms with E-state index in [1.807, 2.05) is 18.2 Å². The summed E-state index contributed by atoms with van der Waals surface area (Å²) in [6.07, 6.45) is 1.46. The van der Waals surface area contributed by atoms with Crippen LogP contribution in [0.4, 0.5) is 0 Å². The van der Waals surface area contributed by atoms with Crippen LogP contribution in [0, 0.1) is 0 Å². The molecule has 0 spiro atoms. The minimum Gasteiger partial charge on any atom is -0.460 e. The van der Waals surface area contributed by atoms with E-state index < -0.39 is 17.2 Å². The molecule has 0 unspecified atom stereocenters. The maximum absolute atomic E-state index is 12.4. The molecular formula is C20H17ClN4O4S. The average Bonchev–Trinajstić information content (AvgIpc) is 3.39. The lowest BCUT2D eigenvalue weighted by Crippen LogP contribution is -2.37. The highest BCUT2D eigenvalue weighted by Crippen LogP contribution is 2.29. The van der Waals surface area contributed by atoms with Crippen LogP contribution in [0.25, 0.3) is 21.6 Å². The molecule has 0 fully saturated rings. The van der Waals surface area contributed by atoms with Crippen molar-refractivity contribution >= 4 is 40.1 Å². The van der Waals surface area contributed by atoms with Gasteiger partial charge in [-0.2, -0.15) is 0 Å². The highest BCUT2D eigenvalue weighted by molar-refractivity contribution is 7.17. The summed E-state index contributed by atoms with van der Waals surface area (Å²) >= 11 is 7.24. The van der Waals surface area contributed by atoms with Crippen LogP contribution in [0.15, 0.2) is 52.3 Å². The van der Waals surface area contributed by atoms with E-state index in [4.69, 9.17) is 16.3 Å². The van der Waals surface area contributed by atoms with Crippen molar-refractivity contribution in [3.8, 4) is 10.4 Å². The molecule has 0 amide bonds. The molecule has 0 atom stereocenters. The van der Waals surface area contributed by atoms with Gasteiger partial charge in [-0.3, -0.25) is 13.9 Å². The van der Waals surface area contributed by atoms with Crippen LogP contribution in [0.1, 0.15) is 9.67 Å². The Balaban J connectivity index is 1.46. The third kappa shape index (κ3) is 3.57. The van der Waals surface area contributed by atoms with Gasteiger partial charge in [0.25, 0.3) is 5.56 Å². The molecule has 0 aliphatic rings. The van der Waals surface area contributed by atoms with Crippen LogP contribution >= 0.6 is 22.9 Å². The number of nitrogens with zero attached hydrogens (tertiary/aromatic N) is 4. The molecule has 30 heavy (non-hydrogen) atoms. The molecule has 8 nitrogen and oxygen atoms in total. The molecule has 0 saturated heterocycles. The number of imidazole rings is 1. The van der Waals surface area contributed by atoms with Crippen molar-refractivity contribution in [2.24, 2.45) is 14.1 Å². The van der Waals surface area contributed by atoms with Crippen molar-refractivity contribution in [2.75, 3.05) is 6.61 Å². The first-order chi connectivity index (χ1) is 14.4. The number of fused-ring (bicyclic) bond motifs is 1. The standard InChI is InChI=1S/C20H17ClN4O4S/c1-23-17-16(18(26)24(2)20(23)28)25(11-22-17)9-10-29-19(27)15-8-7-14(30-15)12-3-5-13(21)6-4-12/h3-8,11H,9-10H2,1-2H3. The number of thiophene rings is 1. The molecule has 0 aliphatic carbocycles. The fourth-order valence-electron chi connectivity index (χ4n) is 3.09. The number of carbonyl (C=O) groups is 1. The van der Waals surface area contributed by atoms with Crippen molar-refractivity contribution in [1.29, 1.82) is 0 Å². The van der Waals surface area contributed by atoms with Crippen LogP contribution in [0.2, 0.25) is 5.02 Å². The Morgan fingerprint density at radius 1 is 1.10 bits per heavy atom. The summed E-state index contributed by atoms with van der Waals surface area (Å²) in [6, 6.07) is 10.9. The first-order valence-corrected chi connectivity index (χ1v) is 10.2. The van der Waals surface area contributed by atoms with Crippen molar-refractivity contribution in [1.82, 2.24) is 18.7 Å². The molecule has 0 saturated carbocycles. The van der Waals surface area contributed by atoms with Gasteiger partial charge >= 0.3 is 11.7 Å². The van der Waals surface area contributed by atoms with Crippen molar-refractivity contribution in [2.45, 2.75) is 6.54 Å². The van der Waals surface area contributed by atoms with Gasteiger partial charge in [-0.1, -0.05) is 23.7 Å². The first-order valence-electron chi connectivity index (χ1n) is 9.00. The van der Waals surface area contributed by atoms with E-state index in [0.717, 1.165) is 15.0 Å². The topological polar surface area (TPSA) is 88.1 Å². The normalized spacial score (nSPS) is 11.2. The van der Waals surface area contributed by atoms with E-state index in [-0.39, 0.29) is 18.7 Å². The number of rotatable bonds is 5. The summed E-state index contributed by atoms with van der Waals surface area (Å²) in [6.45, 7) is 0.301. The number of aryl methyl sites for hydroxylation is 1. The summed E-state index contributed by atoms with van der Waals surface area (Å²) in [7, 11) is 2.97. The van der Waals surface area contributed by atoms with E-state index >= 15 is 0 Å². The van der Waals surface area contributed by atoms with Gasteiger partial charge in [0.1, 0.15) is 11.5 Å². The van der Waals surface area contributed by atoms with Gasteiger partial charge in [-0.25, -0.2) is 14.6 Å². The maximum atomic E-state index is 12.4. The smallest absolute Gasteiger partial charge is 0.348 e. The van der Waals surface area contributed by atoms with Crippen molar-refractivity contribution < 1.29 is 9.53 Å². The number of hydrogen-bond donors (Lipinski definition) is 0. The molecule has 1 aromatic carbocycles. The Bertz CT molecular complexity index is 1360. The molecule has 0 radical (unpaired) electrons. The Morgan fingerprint density at radius 2 is 1.83 bits per heavy atom. The Kier molecular flexibility index (Phi) is 5.31. The lowest BCUT2D eigenvalue weighted by Gasteiger charge is -2.07. The SMILES string of the molecule is Cn1c(=O)c2c(ncn2CCOC(=O)c2ccc(-c3ccc(Cl)cc3)s2)n(C)c1=O. The summed E-state index contributed by atoms with van der Waals surface area (Å²) in [4.78, 5) is 42.4. The molecular weight excluding hydrogens is 428 g/mol.